The molecule has 0 aromatic heterocycles. The summed E-state index contributed by atoms with van der Waals surface area (Å²) < 4.78 is 0. The fourth-order valence-corrected chi connectivity index (χ4v) is 2.23. The first-order chi connectivity index (χ1) is 9.56. The quantitative estimate of drug-likeness (QED) is 0.884. The molecule has 0 bridgehead atoms. The van der Waals surface area contributed by atoms with Gasteiger partial charge in [-0.2, -0.15) is 0 Å². The molecular formula is C18H21NO. The molecule has 0 aliphatic carbocycles. The summed E-state index contributed by atoms with van der Waals surface area (Å²) in [7, 11) is 0. The Morgan fingerprint density at radius 1 is 0.950 bits per heavy atom. The Bertz CT molecular complexity index is 579. The molecular weight excluding hydrogens is 246 g/mol. The Morgan fingerprint density at radius 2 is 1.55 bits per heavy atom. The fraction of sp³-hybridized carbons (Fsp3) is 0.278. The van der Waals surface area contributed by atoms with Gasteiger partial charge in [-0.1, -0.05) is 48.0 Å². The number of amides is 1. The summed E-state index contributed by atoms with van der Waals surface area (Å²) in [6.45, 7) is 6.10. The van der Waals surface area contributed by atoms with Gasteiger partial charge in [0.15, 0.2) is 0 Å². The Morgan fingerprint density at radius 3 is 2.15 bits per heavy atom. The van der Waals surface area contributed by atoms with E-state index in [4.69, 9.17) is 0 Å². The number of anilines is 1. The van der Waals surface area contributed by atoms with E-state index in [9.17, 15) is 4.79 Å². The van der Waals surface area contributed by atoms with Gasteiger partial charge in [0.1, 0.15) is 0 Å². The lowest BCUT2D eigenvalue weighted by atomic mass is 10.1. The second kappa shape index (κ2) is 6.38. The summed E-state index contributed by atoms with van der Waals surface area (Å²) >= 11 is 0. The molecule has 0 spiro atoms. The second-order valence-electron chi connectivity index (χ2n) is 5.30. The summed E-state index contributed by atoms with van der Waals surface area (Å²) in [5.41, 5.74) is 5.60. The first-order valence-corrected chi connectivity index (χ1v) is 6.98. The lowest BCUT2D eigenvalue weighted by molar-refractivity contribution is -0.116. The largest absolute Gasteiger partial charge is 0.326 e. The molecule has 2 aromatic carbocycles. The highest BCUT2D eigenvalue weighted by Gasteiger charge is 2.07. The van der Waals surface area contributed by atoms with Crippen molar-refractivity contribution in [2.45, 2.75) is 33.6 Å². The first kappa shape index (κ1) is 14.3. The standard InChI is InChI=1S/C18H21NO/c1-13-7-9-16(10-8-13)11-12-17(20)19-18-14(2)5-4-6-15(18)3/h4-10H,11-12H2,1-3H3,(H,19,20). The number of para-hydroxylation sites is 1. The van der Waals surface area contributed by atoms with Gasteiger partial charge in [-0.3, -0.25) is 4.79 Å². The fourth-order valence-electron chi connectivity index (χ4n) is 2.23. The van der Waals surface area contributed by atoms with Crippen LogP contribution in [0.2, 0.25) is 0 Å². The van der Waals surface area contributed by atoms with Crippen LogP contribution in [0.4, 0.5) is 5.69 Å². The van der Waals surface area contributed by atoms with Crippen molar-refractivity contribution in [3.63, 3.8) is 0 Å². The molecule has 20 heavy (non-hydrogen) atoms. The van der Waals surface area contributed by atoms with Crippen LogP contribution in [-0.4, -0.2) is 5.91 Å². The van der Waals surface area contributed by atoms with Crippen molar-refractivity contribution in [1.82, 2.24) is 0 Å². The molecule has 0 saturated carbocycles. The van der Waals surface area contributed by atoms with Gasteiger partial charge in [-0.15, -0.1) is 0 Å². The zero-order chi connectivity index (χ0) is 14.5. The summed E-state index contributed by atoms with van der Waals surface area (Å²) in [5, 5.41) is 3.02. The van der Waals surface area contributed by atoms with Gasteiger partial charge >= 0.3 is 0 Å². The molecule has 0 heterocycles. The smallest absolute Gasteiger partial charge is 0.224 e. The van der Waals surface area contributed by atoms with Crippen LogP contribution in [0.3, 0.4) is 0 Å². The summed E-state index contributed by atoms with van der Waals surface area (Å²) in [4.78, 5) is 12.0. The zero-order valence-electron chi connectivity index (χ0n) is 12.4. The second-order valence-corrected chi connectivity index (χ2v) is 5.30. The van der Waals surface area contributed by atoms with Crippen LogP contribution in [0.1, 0.15) is 28.7 Å². The third-order valence-corrected chi connectivity index (χ3v) is 3.51. The molecule has 0 unspecified atom stereocenters. The van der Waals surface area contributed by atoms with Gasteiger partial charge in [0.2, 0.25) is 5.91 Å². The van der Waals surface area contributed by atoms with Crippen LogP contribution in [0.15, 0.2) is 42.5 Å². The first-order valence-electron chi connectivity index (χ1n) is 6.98. The monoisotopic (exact) mass is 267 g/mol. The highest BCUT2D eigenvalue weighted by Crippen LogP contribution is 2.19. The predicted octanol–water partition coefficient (Wildman–Crippen LogP) is 4.18. The average Bonchev–Trinajstić information content (AvgIpc) is 2.42. The maximum atomic E-state index is 12.0. The summed E-state index contributed by atoms with van der Waals surface area (Å²) in [6.07, 6.45) is 1.29. The molecule has 0 saturated heterocycles. The molecule has 0 radical (unpaired) electrons. The van der Waals surface area contributed by atoms with Gasteiger partial charge in [-0.05, 0) is 43.9 Å². The average molecular weight is 267 g/mol. The molecule has 1 amide bonds. The van der Waals surface area contributed by atoms with E-state index in [2.05, 4.69) is 36.5 Å². The van der Waals surface area contributed by atoms with Crippen LogP contribution in [0, 0.1) is 20.8 Å². The molecule has 0 atom stereocenters. The van der Waals surface area contributed by atoms with Gasteiger partial charge in [-0.25, -0.2) is 0 Å². The lowest BCUT2D eigenvalue weighted by Crippen LogP contribution is -2.14. The van der Waals surface area contributed by atoms with Crippen LogP contribution in [0.5, 0.6) is 0 Å². The molecule has 0 aliphatic heterocycles. The number of aryl methyl sites for hydroxylation is 4. The van der Waals surface area contributed by atoms with Crippen LogP contribution in [0.25, 0.3) is 0 Å². The molecule has 0 fully saturated rings. The Hall–Kier alpha value is -2.09. The lowest BCUT2D eigenvalue weighted by Gasteiger charge is -2.11. The van der Waals surface area contributed by atoms with E-state index in [1.54, 1.807) is 0 Å². The predicted molar refractivity (Wildman–Crippen MR) is 84.0 cm³/mol. The van der Waals surface area contributed by atoms with Crippen LogP contribution in [-0.2, 0) is 11.2 Å². The van der Waals surface area contributed by atoms with E-state index in [1.807, 2.05) is 32.0 Å². The molecule has 2 aromatic rings. The number of carbonyl (C=O) groups is 1. The van der Waals surface area contributed by atoms with Gasteiger partial charge in [0, 0.05) is 12.1 Å². The molecule has 2 heteroatoms. The maximum Gasteiger partial charge on any atom is 0.224 e. The number of benzene rings is 2. The van der Waals surface area contributed by atoms with Crippen molar-refractivity contribution >= 4 is 11.6 Å². The molecule has 104 valence electrons. The number of nitrogens with one attached hydrogen (secondary N) is 1. The molecule has 1 N–H and O–H groups in total. The van der Waals surface area contributed by atoms with E-state index in [-0.39, 0.29) is 5.91 Å². The van der Waals surface area contributed by atoms with Crippen LogP contribution < -0.4 is 5.32 Å². The maximum absolute atomic E-state index is 12.0. The van der Waals surface area contributed by atoms with Crippen molar-refractivity contribution in [3.8, 4) is 0 Å². The highest BCUT2D eigenvalue weighted by atomic mass is 16.1. The summed E-state index contributed by atoms with van der Waals surface area (Å²) in [6, 6.07) is 14.4. The SMILES string of the molecule is Cc1ccc(CCC(=O)Nc2c(C)cccc2C)cc1. The summed E-state index contributed by atoms with van der Waals surface area (Å²) in [5.74, 6) is 0.0722. The number of carbonyl (C=O) groups excluding carboxylic acids is 1. The normalized spacial score (nSPS) is 10.3. The number of rotatable bonds is 4. The van der Waals surface area contributed by atoms with E-state index < -0.39 is 0 Å². The topological polar surface area (TPSA) is 29.1 Å². The Kier molecular flexibility index (Phi) is 4.57. The van der Waals surface area contributed by atoms with E-state index in [1.165, 1.54) is 11.1 Å². The zero-order valence-corrected chi connectivity index (χ0v) is 12.4. The van der Waals surface area contributed by atoms with Crippen LogP contribution >= 0.6 is 0 Å². The van der Waals surface area contributed by atoms with Crippen molar-refractivity contribution in [2.24, 2.45) is 0 Å². The van der Waals surface area contributed by atoms with Gasteiger partial charge in [0.25, 0.3) is 0 Å². The third kappa shape index (κ3) is 3.70. The van der Waals surface area contributed by atoms with Crippen molar-refractivity contribution in [3.05, 3.63) is 64.7 Å². The minimum atomic E-state index is 0.0722. The van der Waals surface area contributed by atoms with E-state index in [0.29, 0.717) is 6.42 Å². The third-order valence-electron chi connectivity index (χ3n) is 3.51. The van der Waals surface area contributed by atoms with Crippen molar-refractivity contribution in [1.29, 1.82) is 0 Å². The van der Waals surface area contributed by atoms with Crippen molar-refractivity contribution in [2.75, 3.05) is 5.32 Å². The minimum absolute atomic E-state index is 0.0722. The molecule has 0 aliphatic rings. The number of hydrogen-bond acceptors (Lipinski definition) is 1. The Labute approximate surface area is 120 Å². The molecule has 2 rings (SSSR count). The van der Waals surface area contributed by atoms with E-state index in [0.717, 1.165) is 23.2 Å². The Balaban J connectivity index is 1.94. The van der Waals surface area contributed by atoms with E-state index >= 15 is 0 Å². The minimum Gasteiger partial charge on any atom is -0.326 e. The van der Waals surface area contributed by atoms with Gasteiger partial charge < -0.3 is 5.32 Å². The highest BCUT2D eigenvalue weighted by molar-refractivity contribution is 5.92. The molecule has 2 nitrogen and oxygen atoms in total. The number of hydrogen-bond donors (Lipinski definition) is 1. The van der Waals surface area contributed by atoms with Crippen molar-refractivity contribution < 1.29 is 4.79 Å². The van der Waals surface area contributed by atoms with Gasteiger partial charge in [0.05, 0.1) is 0 Å².